The van der Waals surface area contributed by atoms with Gasteiger partial charge < -0.3 is 0 Å². The van der Waals surface area contributed by atoms with Gasteiger partial charge in [0.1, 0.15) is 7.85 Å². The van der Waals surface area contributed by atoms with Crippen molar-refractivity contribution >= 4 is 25.7 Å². The third-order valence-corrected chi connectivity index (χ3v) is 2.16. The molecule has 0 spiro atoms. The van der Waals surface area contributed by atoms with Crippen LogP contribution in [0.4, 0.5) is 0 Å². The highest BCUT2D eigenvalue weighted by molar-refractivity contribution is 6.71. The van der Waals surface area contributed by atoms with Crippen molar-refractivity contribution in [3.05, 3.63) is 6.07 Å². The molecule has 0 N–H and O–H groups in total. The predicted molar refractivity (Wildman–Crippen MR) is 54.9 cm³/mol. The van der Waals surface area contributed by atoms with Crippen molar-refractivity contribution in [1.29, 1.82) is 0 Å². The van der Waals surface area contributed by atoms with Gasteiger partial charge in [0.2, 0.25) is 0 Å². The third kappa shape index (κ3) is 1.93. The Morgan fingerprint density at radius 1 is 1.67 bits per heavy atom. The van der Waals surface area contributed by atoms with Crippen molar-refractivity contribution < 1.29 is 0 Å². The molecular formula is C8H14B2N2. The van der Waals surface area contributed by atoms with Gasteiger partial charge in [-0.05, 0) is 6.07 Å². The van der Waals surface area contributed by atoms with Crippen LogP contribution in [0.5, 0.6) is 0 Å². The van der Waals surface area contributed by atoms with Crippen molar-refractivity contribution in [2.24, 2.45) is 7.05 Å². The first kappa shape index (κ1) is 9.43. The molecule has 4 heteroatoms. The van der Waals surface area contributed by atoms with Gasteiger partial charge in [-0.2, -0.15) is 5.10 Å². The lowest BCUT2D eigenvalue weighted by atomic mass is 9.46. The Bertz CT molecular complexity index is 258. The lowest BCUT2D eigenvalue weighted by molar-refractivity contribution is 0.795. The summed E-state index contributed by atoms with van der Waals surface area (Å²) >= 11 is 0. The van der Waals surface area contributed by atoms with Crippen LogP contribution in [-0.4, -0.2) is 24.3 Å². The second-order valence-electron chi connectivity index (χ2n) is 3.31. The average Bonchev–Trinajstić information content (AvgIpc) is 2.30. The predicted octanol–water partition coefficient (Wildman–Crippen LogP) is -0.0445. The van der Waals surface area contributed by atoms with Crippen molar-refractivity contribution in [3.8, 4) is 0 Å². The van der Waals surface area contributed by atoms with Crippen LogP contribution in [0.25, 0.3) is 0 Å². The Balaban J connectivity index is 2.79. The molecule has 1 aromatic heterocycles. The Hall–Kier alpha value is -0.660. The summed E-state index contributed by atoms with van der Waals surface area (Å²) in [5, 5.41) is 4.11. The smallest absolute Gasteiger partial charge is 0.196 e. The molecule has 2 radical (unpaired) electrons. The molecular weight excluding hydrogens is 146 g/mol. The van der Waals surface area contributed by atoms with Gasteiger partial charge in [-0.1, -0.05) is 26.5 Å². The van der Waals surface area contributed by atoms with Crippen LogP contribution in [0.1, 0.15) is 13.3 Å². The van der Waals surface area contributed by atoms with Crippen molar-refractivity contribution in [1.82, 2.24) is 9.78 Å². The molecule has 1 aromatic rings. The van der Waals surface area contributed by atoms with Crippen molar-refractivity contribution in [2.45, 2.75) is 26.5 Å². The molecule has 0 atom stereocenters. The summed E-state index contributed by atoms with van der Waals surface area (Å²) in [6, 6.07) is 1.96. The summed E-state index contributed by atoms with van der Waals surface area (Å²) in [6.07, 6.45) is 2.39. The van der Waals surface area contributed by atoms with Crippen molar-refractivity contribution in [2.75, 3.05) is 0 Å². The lowest BCUT2D eigenvalue weighted by Gasteiger charge is -2.05. The van der Waals surface area contributed by atoms with E-state index in [4.69, 9.17) is 7.85 Å². The lowest BCUT2D eigenvalue weighted by Crippen LogP contribution is -2.32. The molecule has 0 aliphatic heterocycles. The molecule has 1 heterocycles. The van der Waals surface area contributed by atoms with Crippen LogP contribution in [0.15, 0.2) is 6.07 Å². The Labute approximate surface area is 75.8 Å². The van der Waals surface area contributed by atoms with Gasteiger partial charge in [0.05, 0.1) is 0 Å². The first-order chi connectivity index (χ1) is 5.65. The number of aromatic nitrogens is 2. The minimum Gasteiger partial charge on any atom is -0.283 e. The second-order valence-corrected chi connectivity index (χ2v) is 3.31. The van der Waals surface area contributed by atoms with E-state index in [9.17, 15) is 0 Å². The molecule has 0 unspecified atom stereocenters. The zero-order valence-corrected chi connectivity index (χ0v) is 8.04. The van der Waals surface area contributed by atoms with E-state index in [2.05, 4.69) is 18.8 Å². The first-order valence-corrected chi connectivity index (χ1v) is 4.44. The first-order valence-electron chi connectivity index (χ1n) is 4.44. The number of rotatable bonds is 3. The fraction of sp³-hybridized carbons (Fsp3) is 0.625. The van der Waals surface area contributed by atoms with E-state index >= 15 is 0 Å². The van der Waals surface area contributed by atoms with Crippen LogP contribution < -0.4 is 11.2 Å². The number of hydrogen-bond acceptors (Lipinski definition) is 1. The van der Waals surface area contributed by atoms with Crippen LogP contribution >= 0.6 is 0 Å². The Kier molecular flexibility index (Phi) is 3.01. The van der Waals surface area contributed by atoms with Crippen LogP contribution in [-0.2, 0) is 7.05 Å². The second kappa shape index (κ2) is 3.83. The van der Waals surface area contributed by atoms with Gasteiger partial charge in [0, 0.05) is 18.2 Å². The fourth-order valence-corrected chi connectivity index (χ4v) is 1.55. The van der Waals surface area contributed by atoms with Gasteiger partial charge in [0.15, 0.2) is 6.71 Å². The summed E-state index contributed by atoms with van der Waals surface area (Å²) in [6.45, 7) is 4.96. The minimum absolute atomic E-state index is 0.560. The molecule has 0 amide bonds. The maximum Gasteiger partial charge on any atom is 0.196 e. The summed E-state index contributed by atoms with van der Waals surface area (Å²) < 4.78 is 1.87. The Morgan fingerprint density at radius 3 is 2.75 bits per heavy atom. The maximum atomic E-state index is 5.58. The van der Waals surface area contributed by atoms with E-state index in [1.165, 1.54) is 18.3 Å². The summed E-state index contributed by atoms with van der Waals surface area (Å²) in [7, 11) is 7.52. The monoisotopic (exact) mass is 160 g/mol. The van der Waals surface area contributed by atoms with E-state index in [-0.39, 0.29) is 0 Å². The van der Waals surface area contributed by atoms with E-state index in [0.717, 1.165) is 0 Å². The molecule has 0 fully saturated rings. The zero-order valence-electron chi connectivity index (χ0n) is 8.04. The van der Waals surface area contributed by atoms with Crippen LogP contribution in [0.2, 0.25) is 13.1 Å². The molecule has 0 aliphatic rings. The molecule has 0 saturated heterocycles. The molecule has 2 nitrogen and oxygen atoms in total. The summed E-state index contributed by atoms with van der Waals surface area (Å²) in [5.74, 6) is 0. The van der Waals surface area contributed by atoms with E-state index in [0.29, 0.717) is 12.3 Å². The highest BCUT2D eigenvalue weighted by Gasteiger charge is 2.12. The van der Waals surface area contributed by atoms with Crippen LogP contribution in [0.3, 0.4) is 0 Å². The molecule has 0 saturated carbocycles. The minimum atomic E-state index is 0.560. The molecule has 12 heavy (non-hydrogen) atoms. The largest absolute Gasteiger partial charge is 0.283 e. The van der Waals surface area contributed by atoms with Gasteiger partial charge in [-0.3, -0.25) is 4.68 Å². The molecule has 0 aromatic carbocycles. The van der Waals surface area contributed by atoms with Gasteiger partial charge in [-0.15, -0.1) is 0 Å². The van der Waals surface area contributed by atoms with Crippen LogP contribution in [0, 0.1) is 0 Å². The zero-order chi connectivity index (χ0) is 9.14. The maximum absolute atomic E-state index is 5.58. The van der Waals surface area contributed by atoms with E-state index < -0.39 is 0 Å². The number of aryl methyl sites for hydroxylation is 1. The number of hydrogen-bond donors (Lipinski definition) is 0. The summed E-state index contributed by atoms with van der Waals surface area (Å²) in [5.41, 5.74) is 1.85. The molecule has 0 aliphatic carbocycles. The van der Waals surface area contributed by atoms with Gasteiger partial charge in [-0.25, -0.2) is 0 Å². The fourth-order valence-electron chi connectivity index (χ4n) is 1.55. The quantitative estimate of drug-likeness (QED) is 0.567. The summed E-state index contributed by atoms with van der Waals surface area (Å²) in [4.78, 5) is 0. The third-order valence-electron chi connectivity index (χ3n) is 2.16. The van der Waals surface area contributed by atoms with Gasteiger partial charge >= 0.3 is 0 Å². The Morgan fingerprint density at radius 2 is 2.33 bits per heavy atom. The topological polar surface area (TPSA) is 17.8 Å². The number of nitrogens with zero attached hydrogens (tertiary/aromatic N) is 2. The van der Waals surface area contributed by atoms with E-state index in [1.54, 1.807) is 0 Å². The van der Waals surface area contributed by atoms with Gasteiger partial charge in [0.25, 0.3) is 0 Å². The molecule has 62 valence electrons. The highest BCUT2D eigenvalue weighted by Crippen LogP contribution is 1.95. The highest BCUT2D eigenvalue weighted by atomic mass is 15.3. The normalized spacial score (nSPS) is 10.2. The molecule has 0 bridgehead atoms. The van der Waals surface area contributed by atoms with Crippen molar-refractivity contribution in [3.63, 3.8) is 0 Å². The SMILES string of the molecule is [B]c1cc(B(C)CCC)n(C)n1. The average molecular weight is 160 g/mol. The standard InChI is InChI=1S/C8H14B2N2/c1-4-5-10(2)8-6-7(9)11-12(8)3/h6H,4-5H2,1-3H3. The molecule has 1 rings (SSSR count). The van der Waals surface area contributed by atoms with E-state index in [1.807, 2.05) is 17.8 Å².